The Hall–Kier alpha value is -0.750. The van der Waals surface area contributed by atoms with Crippen LogP contribution in [0.15, 0.2) is 0 Å². The van der Waals surface area contributed by atoms with Crippen LogP contribution in [0.25, 0.3) is 0 Å². The third-order valence-electron chi connectivity index (χ3n) is 2.25. The molecule has 1 aromatic heterocycles. The molecule has 78 valence electrons. The second kappa shape index (κ2) is 4.65. The van der Waals surface area contributed by atoms with Crippen LogP contribution in [0.1, 0.15) is 19.3 Å². The standard InChI is InChI=1S/C8H14N4OS/c14-8-9-10-11-12(8)4-1-5-13-6-7-2-3-7/h7H,1-6H2,(H,9,11,14). The fourth-order valence-electron chi connectivity index (χ4n) is 1.22. The first kappa shape index (κ1) is 9.79. The molecule has 0 aromatic carbocycles. The zero-order valence-corrected chi connectivity index (χ0v) is 8.79. The van der Waals surface area contributed by atoms with Gasteiger partial charge in [0.05, 0.1) is 0 Å². The summed E-state index contributed by atoms with van der Waals surface area (Å²) in [4.78, 5) is 0. The second-order valence-corrected chi connectivity index (χ2v) is 3.97. The van der Waals surface area contributed by atoms with E-state index >= 15 is 0 Å². The Labute approximate surface area is 87.4 Å². The number of nitrogens with one attached hydrogen (secondary N) is 1. The first-order chi connectivity index (χ1) is 6.86. The van der Waals surface area contributed by atoms with E-state index in [0.29, 0.717) is 4.77 Å². The van der Waals surface area contributed by atoms with Crippen LogP contribution < -0.4 is 0 Å². The van der Waals surface area contributed by atoms with Gasteiger partial charge < -0.3 is 4.74 Å². The van der Waals surface area contributed by atoms with Crippen LogP contribution >= 0.6 is 12.2 Å². The molecule has 0 atom stereocenters. The van der Waals surface area contributed by atoms with Gasteiger partial charge in [0.1, 0.15) is 0 Å². The van der Waals surface area contributed by atoms with Crippen LogP contribution in [0, 0.1) is 10.7 Å². The van der Waals surface area contributed by atoms with Crippen molar-refractivity contribution in [2.24, 2.45) is 5.92 Å². The van der Waals surface area contributed by atoms with Gasteiger partial charge in [0, 0.05) is 19.8 Å². The number of aryl methyl sites for hydroxylation is 1. The number of tetrazole rings is 1. The van der Waals surface area contributed by atoms with Gasteiger partial charge in [-0.3, -0.25) is 0 Å². The highest BCUT2D eigenvalue weighted by molar-refractivity contribution is 7.71. The van der Waals surface area contributed by atoms with Crippen LogP contribution in [0.5, 0.6) is 0 Å². The lowest BCUT2D eigenvalue weighted by molar-refractivity contribution is 0.118. The molecular formula is C8H14N4OS. The summed E-state index contributed by atoms with van der Waals surface area (Å²) in [6, 6.07) is 0. The maximum Gasteiger partial charge on any atom is 0.238 e. The van der Waals surface area contributed by atoms with E-state index in [1.807, 2.05) is 0 Å². The van der Waals surface area contributed by atoms with Crippen molar-refractivity contribution in [1.29, 1.82) is 0 Å². The molecule has 0 bridgehead atoms. The Kier molecular flexibility index (Phi) is 3.26. The number of hydrogen-bond donors (Lipinski definition) is 1. The van der Waals surface area contributed by atoms with Gasteiger partial charge in [0.2, 0.25) is 4.77 Å². The molecule has 1 aromatic rings. The van der Waals surface area contributed by atoms with Gasteiger partial charge in [-0.05, 0) is 37.4 Å². The fourth-order valence-corrected chi connectivity index (χ4v) is 1.39. The van der Waals surface area contributed by atoms with Gasteiger partial charge in [-0.1, -0.05) is 10.3 Å². The predicted molar refractivity (Wildman–Crippen MR) is 53.4 cm³/mol. The van der Waals surface area contributed by atoms with Crippen molar-refractivity contribution in [3.63, 3.8) is 0 Å². The minimum absolute atomic E-state index is 0.507. The normalized spacial score (nSPS) is 16.0. The molecule has 5 nitrogen and oxygen atoms in total. The van der Waals surface area contributed by atoms with E-state index in [9.17, 15) is 0 Å². The average Bonchev–Trinajstić information content (AvgIpc) is 2.91. The number of aromatic nitrogens is 4. The summed E-state index contributed by atoms with van der Waals surface area (Å²) >= 11 is 4.93. The summed E-state index contributed by atoms with van der Waals surface area (Å²) in [5.41, 5.74) is 0. The van der Waals surface area contributed by atoms with Gasteiger partial charge in [0.25, 0.3) is 0 Å². The minimum Gasteiger partial charge on any atom is -0.381 e. The Balaban J connectivity index is 1.58. The summed E-state index contributed by atoms with van der Waals surface area (Å²) in [6.07, 6.45) is 3.63. The Morgan fingerprint density at radius 2 is 2.43 bits per heavy atom. The Morgan fingerprint density at radius 1 is 1.57 bits per heavy atom. The SMILES string of the molecule is S=c1nn[nH]n1CCCOCC1CC1. The minimum atomic E-state index is 0.507. The number of hydrogen-bond acceptors (Lipinski definition) is 4. The number of ether oxygens (including phenoxy) is 1. The summed E-state index contributed by atoms with van der Waals surface area (Å²) in [5, 5.41) is 10.0. The molecule has 6 heteroatoms. The zero-order chi connectivity index (χ0) is 9.80. The van der Waals surface area contributed by atoms with Crippen LogP contribution in [0.4, 0.5) is 0 Å². The van der Waals surface area contributed by atoms with E-state index in [-0.39, 0.29) is 0 Å². The van der Waals surface area contributed by atoms with Crippen molar-refractivity contribution in [1.82, 2.24) is 20.2 Å². The predicted octanol–water partition coefficient (Wildman–Crippen LogP) is 1.15. The Bertz CT molecular complexity index is 330. The highest BCUT2D eigenvalue weighted by atomic mass is 32.1. The monoisotopic (exact) mass is 214 g/mol. The molecule has 1 heterocycles. The van der Waals surface area contributed by atoms with Gasteiger partial charge >= 0.3 is 0 Å². The smallest absolute Gasteiger partial charge is 0.238 e. The molecule has 0 amide bonds. The molecule has 14 heavy (non-hydrogen) atoms. The van der Waals surface area contributed by atoms with Crippen molar-refractivity contribution in [2.75, 3.05) is 13.2 Å². The quantitative estimate of drug-likeness (QED) is 0.570. The van der Waals surface area contributed by atoms with Crippen molar-refractivity contribution in [2.45, 2.75) is 25.8 Å². The van der Waals surface area contributed by atoms with Crippen LogP contribution in [0.2, 0.25) is 0 Å². The largest absolute Gasteiger partial charge is 0.381 e. The van der Waals surface area contributed by atoms with Crippen molar-refractivity contribution >= 4 is 12.2 Å². The Morgan fingerprint density at radius 3 is 3.07 bits per heavy atom. The first-order valence-electron chi connectivity index (χ1n) is 4.92. The molecule has 1 fully saturated rings. The molecule has 1 aliphatic rings. The van der Waals surface area contributed by atoms with Crippen LogP contribution in [-0.2, 0) is 11.3 Å². The van der Waals surface area contributed by atoms with Crippen molar-refractivity contribution in [3.05, 3.63) is 4.77 Å². The third kappa shape index (κ3) is 2.88. The molecule has 1 saturated carbocycles. The molecule has 0 aliphatic heterocycles. The summed E-state index contributed by atoms with van der Waals surface area (Å²) in [6.45, 7) is 2.51. The van der Waals surface area contributed by atoms with E-state index in [4.69, 9.17) is 17.0 Å². The summed E-state index contributed by atoms with van der Waals surface area (Å²) < 4.78 is 7.75. The van der Waals surface area contributed by atoms with E-state index in [2.05, 4.69) is 15.5 Å². The maximum absolute atomic E-state index is 5.49. The van der Waals surface area contributed by atoms with E-state index < -0.39 is 0 Å². The van der Waals surface area contributed by atoms with Gasteiger partial charge in [-0.25, -0.2) is 4.68 Å². The van der Waals surface area contributed by atoms with Crippen LogP contribution in [0.3, 0.4) is 0 Å². The lowest BCUT2D eigenvalue weighted by atomic mass is 10.4. The number of nitrogens with zero attached hydrogens (tertiary/aromatic N) is 3. The summed E-state index contributed by atoms with van der Waals surface area (Å²) in [5.74, 6) is 0.839. The molecule has 0 unspecified atom stereocenters. The lowest BCUT2D eigenvalue weighted by Crippen LogP contribution is -2.05. The molecule has 0 spiro atoms. The zero-order valence-electron chi connectivity index (χ0n) is 7.98. The maximum atomic E-state index is 5.49. The molecule has 1 N–H and O–H groups in total. The molecule has 2 rings (SSSR count). The molecule has 0 radical (unpaired) electrons. The van der Waals surface area contributed by atoms with Gasteiger partial charge in [-0.2, -0.15) is 5.21 Å². The number of H-pyrrole nitrogens is 1. The highest BCUT2D eigenvalue weighted by Crippen LogP contribution is 2.28. The number of aromatic amines is 1. The van der Waals surface area contributed by atoms with E-state index in [0.717, 1.165) is 32.1 Å². The van der Waals surface area contributed by atoms with Crippen LogP contribution in [-0.4, -0.2) is 33.4 Å². The fraction of sp³-hybridized carbons (Fsp3) is 0.875. The number of rotatable bonds is 6. The highest BCUT2D eigenvalue weighted by Gasteiger charge is 2.20. The molecule has 1 aliphatic carbocycles. The van der Waals surface area contributed by atoms with Gasteiger partial charge in [-0.15, -0.1) is 0 Å². The topological polar surface area (TPSA) is 55.7 Å². The third-order valence-corrected chi connectivity index (χ3v) is 2.55. The van der Waals surface area contributed by atoms with Gasteiger partial charge in [0.15, 0.2) is 0 Å². The van der Waals surface area contributed by atoms with E-state index in [1.165, 1.54) is 12.8 Å². The van der Waals surface area contributed by atoms with Crippen molar-refractivity contribution in [3.8, 4) is 0 Å². The molecular weight excluding hydrogens is 200 g/mol. The second-order valence-electron chi connectivity index (χ2n) is 3.61. The average molecular weight is 214 g/mol. The molecule has 0 saturated heterocycles. The van der Waals surface area contributed by atoms with Crippen molar-refractivity contribution < 1.29 is 4.74 Å². The first-order valence-corrected chi connectivity index (χ1v) is 5.33. The van der Waals surface area contributed by atoms with E-state index in [1.54, 1.807) is 4.68 Å². The lowest BCUT2D eigenvalue weighted by Gasteiger charge is -2.02. The summed E-state index contributed by atoms with van der Waals surface area (Å²) in [7, 11) is 0.